The molecule has 4 heteroatoms. The van der Waals surface area contributed by atoms with Gasteiger partial charge in [0.25, 0.3) is 0 Å². The van der Waals surface area contributed by atoms with Gasteiger partial charge in [0.05, 0.1) is 0 Å². The topological polar surface area (TPSA) is 52.6 Å². The van der Waals surface area contributed by atoms with Crippen LogP contribution >= 0.6 is 0 Å². The average Bonchev–Trinajstić information content (AvgIpc) is 2.85. The van der Waals surface area contributed by atoms with E-state index in [1.807, 2.05) is 72.5 Å². The van der Waals surface area contributed by atoms with Crippen LogP contribution < -0.4 is 10.2 Å². The molecule has 0 saturated heterocycles. The van der Waals surface area contributed by atoms with Gasteiger partial charge in [-0.1, -0.05) is 50.6 Å². The number of rotatable bonds is 11. The Labute approximate surface area is 204 Å². The minimum Gasteiger partial charge on any atom is -0.507 e. The number of para-hydroxylation sites is 1. The summed E-state index contributed by atoms with van der Waals surface area (Å²) < 4.78 is 0. The maximum atomic E-state index is 13.4. The highest BCUT2D eigenvalue weighted by Crippen LogP contribution is 2.28. The van der Waals surface area contributed by atoms with Gasteiger partial charge in [-0.15, -0.1) is 0 Å². The Morgan fingerprint density at radius 2 is 1.65 bits per heavy atom. The molecule has 0 bridgehead atoms. The molecule has 0 fully saturated rings. The molecule has 180 valence electrons. The predicted molar refractivity (Wildman–Crippen MR) is 143 cm³/mol. The monoisotopic (exact) mass is 458 g/mol. The number of anilines is 3. The van der Waals surface area contributed by atoms with E-state index in [-0.39, 0.29) is 11.9 Å². The summed E-state index contributed by atoms with van der Waals surface area (Å²) >= 11 is 0. The van der Waals surface area contributed by atoms with Crippen molar-refractivity contribution >= 4 is 23.0 Å². The number of hydrogen-bond donors (Lipinski definition) is 2. The van der Waals surface area contributed by atoms with Crippen molar-refractivity contribution in [3.8, 4) is 5.75 Å². The van der Waals surface area contributed by atoms with Crippen molar-refractivity contribution in [2.75, 3.05) is 10.2 Å². The molecule has 0 aromatic heterocycles. The quantitative estimate of drug-likeness (QED) is 0.312. The summed E-state index contributed by atoms with van der Waals surface area (Å²) in [5.74, 6) is 0.521. The van der Waals surface area contributed by atoms with Crippen molar-refractivity contribution in [2.45, 2.75) is 72.3 Å². The van der Waals surface area contributed by atoms with Gasteiger partial charge in [0, 0.05) is 29.5 Å². The molecule has 0 aliphatic heterocycles. The summed E-state index contributed by atoms with van der Waals surface area (Å²) in [5, 5.41) is 13.8. The molecule has 3 rings (SSSR count). The Kier molecular flexibility index (Phi) is 9.15. The van der Waals surface area contributed by atoms with Crippen LogP contribution in [0.15, 0.2) is 66.7 Å². The summed E-state index contributed by atoms with van der Waals surface area (Å²) in [4.78, 5) is 15.3. The number of amides is 1. The van der Waals surface area contributed by atoms with Gasteiger partial charge in [-0.2, -0.15) is 0 Å². The Morgan fingerprint density at radius 1 is 0.971 bits per heavy atom. The highest BCUT2D eigenvalue weighted by atomic mass is 16.3. The van der Waals surface area contributed by atoms with Crippen LogP contribution in [-0.4, -0.2) is 17.1 Å². The summed E-state index contributed by atoms with van der Waals surface area (Å²) in [6.45, 7) is 8.30. The van der Waals surface area contributed by atoms with Crippen molar-refractivity contribution in [3.63, 3.8) is 0 Å². The fourth-order valence-corrected chi connectivity index (χ4v) is 4.23. The first-order valence-corrected chi connectivity index (χ1v) is 12.5. The number of benzene rings is 3. The van der Waals surface area contributed by atoms with Gasteiger partial charge >= 0.3 is 0 Å². The molecule has 0 aliphatic carbocycles. The molecule has 4 nitrogen and oxygen atoms in total. The summed E-state index contributed by atoms with van der Waals surface area (Å²) in [5.41, 5.74) is 5.93. The number of carbonyl (C=O) groups excluding carboxylic acids is 1. The van der Waals surface area contributed by atoms with E-state index in [1.165, 1.54) is 0 Å². The summed E-state index contributed by atoms with van der Waals surface area (Å²) in [6.07, 6.45) is 4.99. The smallest absolute Gasteiger partial charge is 0.227 e. The SMILES string of the molecule is CCCCc1cc(CCC(=O)N(c2ccc(Nc3ccccc3)cc2)C(C)CC)cc(C)c1O. The fourth-order valence-electron chi connectivity index (χ4n) is 4.23. The number of aryl methyl sites for hydroxylation is 3. The van der Waals surface area contributed by atoms with Crippen LogP contribution in [0.5, 0.6) is 5.75 Å². The lowest BCUT2D eigenvalue weighted by atomic mass is 9.98. The first-order chi connectivity index (χ1) is 16.4. The minimum absolute atomic E-state index is 0.113. The lowest BCUT2D eigenvalue weighted by molar-refractivity contribution is -0.119. The molecule has 2 N–H and O–H groups in total. The molecule has 34 heavy (non-hydrogen) atoms. The van der Waals surface area contributed by atoms with Crippen molar-refractivity contribution < 1.29 is 9.90 Å². The first kappa shape index (κ1) is 25.4. The van der Waals surface area contributed by atoms with Crippen molar-refractivity contribution in [3.05, 3.63) is 83.4 Å². The second-order valence-corrected chi connectivity index (χ2v) is 9.08. The fraction of sp³-hybridized carbons (Fsp3) is 0.367. The Hall–Kier alpha value is -3.27. The minimum atomic E-state index is 0.113. The van der Waals surface area contributed by atoms with E-state index >= 15 is 0 Å². The number of phenolic OH excluding ortho intramolecular Hbond substituents is 1. The van der Waals surface area contributed by atoms with Gasteiger partial charge in [0.2, 0.25) is 5.91 Å². The lowest BCUT2D eigenvalue weighted by Crippen LogP contribution is -2.38. The number of unbranched alkanes of at least 4 members (excludes halogenated alkanes) is 1. The highest BCUT2D eigenvalue weighted by Gasteiger charge is 2.21. The molecule has 0 heterocycles. The van der Waals surface area contributed by atoms with Gasteiger partial charge in [0.1, 0.15) is 5.75 Å². The number of nitrogens with zero attached hydrogens (tertiary/aromatic N) is 1. The number of aromatic hydroxyl groups is 1. The number of hydrogen-bond acceptors (Lipinski definition) is 3. The van der Waals surface area contributed by atoms with Crippen LogP contribution in [0.1, 0.15) is 63.1 Å². The van der Waals surface area contributed by atoms with Crippen LogP contribution in [0.4, 0.5) is 17.1 Å². The number of phenols is 1. The molecular weight excluding hydrogens is 420 g/mol. The van der Waals surface area contributed by atoms with Gasteiger partial charge in [-0.25, -0.2) is 0 Å². The van der Waals surface area contributed by atoms with E-state index in [4.69, 9.17) is 0 Å². The van der Waals surface area contributed by atoms with E-state index < -0.39 is 0 Å². The van der Waals surface area contributed by atoms with Gasteiger partial charge in [0.15, 0.2) is 0 Å². The van der Waals surface area contributed by atoms with Crippen molar-refractivity contribution in [1.29, 1.82) is 0 Å². The molecule has 0 saturated carbocycles. The van der Waals surface area contributed by atoms with Gasteiger partial charge < -0.3 is 15.3 Å². The molecule has 3 aromatic carbocycles. The van der Waals surface area contributed by atoms with Gasteiger partial charge in [-0.3, -0.25) is 4.79 Å². The molecular formula is C30H38N2O2. The van der Waals surface area contributed by atoms with E-state index in [9.17, 15) is 9.90 Å². The Morgan fingerprint density at radius 3 is 2.29 bits per heavy atom. The maximum Gasteiger partial charge on any atom is 0.227 e. The normalized spacial score (nSPS) is 11.8. The van der Waals surface area contributed by atoms with E-state index in [0.29, 0.717) is 18.6 Å². The molecule has 1 atom stereocenters. The zero-order valence-corrected chi connectivity index (χ0v) is 21.0. The third-order valence-electron chi connectivity index (χ3n) is 6.37. The maximum absolute atomic E-state index is 13.4. The van der Waals surface area contributed by atoms with Crippen molar-refractivity contribution in [1.82, 2.24) is 0 Å². The second-order valence-electron chi connectivity index (χ2n) is 9.08. The predicted octanol–water partition coefficient (Wildman–Crippen LogP) is 7.55. The third-order valence-corrected chi connectivity index (χ3v) is 6.37. The third kappa shape index (κ3) is 6.63. The average molecular weight is 459 g/mol. The lowest BCUT2D eigenvalue weighted by Gasteiger charge is -2.29. The number of nitrogens with one attached hydrogen (secondary N) is 1. The molecule has 0 radical (unpaired) electrons. The Bertz CT molecular complexity index is 1060. The van der Waals surface area contributed by atoms with E-state index in [2.05, 4.69) is 32.2 Å². The van der Waals surface area contributed by atoms with E-state index in [1.54, 1.807) is 0 Å². The molecule has 0 spiro atoms. The second kappa shape index (κ2) is 12.3. The molecule has 3 aromatic rings. The van der Waals surface area contributed by atoms with Gasteiger partial charge in [-0.05, 0) is 92.6 Å². The van der Waals surface area contributed by atoms with Crippen LogP contribution in [-0.2, 0) is 17.6 Å². The van der Waals surface area contributed by atoms with Crippen LogP contribution in [0.25, 0.3) is 0 Å². The van der Waals surface area contributed by atoms with Crippen LogP contribution in [0.3, 0.4) is 0 Å². The molecule has 0 aliphatic rings. The zero-order chi connectivity index (χ0) is 24.5. The molecule has 1 unspecified atom stereocenters. The standard InChI is InChI=1S/C30H38N2O2/c1-5-7-11-25-21-24(20-22(3)30(25)34)14-19-29(33)32(23(4)6-2)28-17-15-27(16-18-28)31-26-12-9-8-10-13-26/h8-10,12-13,15-18,20-21,23,31,34H,5-7,11,14,19H2,1-4H3. The summed E-state index contributed by atoms with van der Waals surface area (Å²) in [7, 11) is 0. The van der Waals surface area contributed by atoms with Crippen LogP contribution in [0.2, 0.25) is 0 Å². The molecule has 1 amide bonds. The summed E-state index contributed by atoms with van der Waals surface area (Å²) in [6, 6.07) is 22.3. The van der Waals surface area contributed by atoms with E-state index in [0.717, 1.165) is 59.4 Å². The van der Waals surface area contributed by atoms with Crippen LogP contribution in [0, 0.1) is 6.92 Å². The largest absolute Gasteiger partial charge is 0.507 e. The number of carbonyl (C=O) groups is 1. The highest BCUT2D eigenvalue weighted by molar-refractivity contribution is 5.94. The first-order valence-electron chi connectivity index (χ1n) is 12.5. The Balaban J connectivity index is 1.72. The zero-order valence-electron chi connectivity index (χ0n) is 21.0. The van der Waals surface area contributed by atoms with Crippen molar-refractivity contribution in [2.24, 2.45) is 0 Å².